The number of halogens is 1. The number of nitrogens with one attached hydrogen (secondary N) is 1. The molecule has 1 unspecified atom stereocenters. The van der Waals surface area contributed by atoms with Gasteiger partial charge in [-0.15, -0.1) is 0 Å². The number of aromatic nitrogens is 3. The lowest BCUT2D eigenvalue weighted by Crippen LogP contribution is -2.18. The number of carboxylic acids is 1. The SMILES string of the molecule is C[C@@H](Nc1ccn2ncc(C(=O)O)c2n1)c1cc(F)cc2c1OC(CCN)C2. The van der Waals surface area contributed by atoms with Crippen LogP contribution in [-0.2, 0) is 6.42 Å². The van der Waals surface area contributed by atoms with E-state index in [1.165, 1.54) is 22.8 Å². The van der Waals surface area contributed by atoms with Crippen molar-refractivity contribution in [3.8, 4) is 5.75 Å². The fraction of sp³-hybridized carbons (Fsp3) is 0.316. The minimum atomic E-state index is -1.10. The van der Waals surface area contributed by atoms with Crippen LogP contribution in [-0.4, -0.2) is 38.3 Å². The van der Waals surface area contributed by atoms with E-state index in [1.54, 1.807) is 12.3 Å². The molecule has 0 spiro atoms. The molecule has 0 amide bonds. The largest absolute Gasteiger partial charge is 0.489 e. The van der Waals surface area contributed by atoms with Crippen LogP contribution in [0, 0.1) is 5.82 Å². The maximum Gasteiger partial charge on any atom is 0.341 e. The highest BCUT2D eigenvalue weighted by molar-refractivity contribution is 5.94. The van der Waals surface area contributed by atoms with Crippen molar-refractivity contribution in [2.45, 2.75) is 31.9 Å². The average Bonchev–Trinajstić information content (AvgIpc) is 3.24. The number of ether oxygens (including phenoxy) is 1. The minimum Gasteiger partial charge on any atom is -0.489 e. The van der Waals surface area contributed by atoms with Crippen molar-refractivity contribution in [1.29, 1.82) is 0 Å². The van der Waals surface area contributed by atoms with Gasteiger partial charge in [0.15, 0.2) is 5.65 Å². The van der Waals surface area contributed by atoms with Crippen LogP contribution in [0.1, 0.15) is 40.9 Å². The zero-order valence-electron chi connectivity index (χ0n) is 15.2. The number of aromatic carboxylic acids is 1. The van der Waals surface area contributed by atoms with Crippen LogP contribution >= 0.6 is 0 Å². The zero-order chi connectivity index (χ0) is 19.8. The predicted molar refractivity (Wildman–Crippen MR) is 100 cm³/mol. The maximum atomic E-state index is 14.1. The number of benzene rings is 1. The number of anilines is 1. The molecule has 0 bridgehead atoms. The predicted octanol–water partition coefficient (Wildman–Crippen LogP) is 2.39. The van der Waals surface area contributed by atoms with Gasteiger partial charge in [0.1, 0.15) is 29.1 Å². The number of carboxylic acid groups (broad SMARTS) is 1. The van der Waals surface area contributed by atoms with Gasteiger partial charge in [-0.2, -0.15) is 5.10 Å². The van der Waals surface area contributed by atoms with E-state index in [4.69, 9.17) is 10.5 Å². The lowest BCUT2D eigenvalue weighted by atomic mass is 10.0. The fourth-order valence-corrected chi connectivity index (χ4v) is 3.49. The number of hydrogen-bond donors (Lipinski definition) is 3. The van der Waals surface area contributed by atoms with Crippen molar-refractivity contribution >= 4 is 17.4 Å². The molecule has 146 valence electrons. The topological polar surface area (TPSA) is 115 Å². The monoisotopic (exact) mass is 385 g/mol. The summed E-state index contributed by atoms with van der Waals surface area (Å²) in [4.78, 5) is 15.6. The Morgan fingerprint density at radius 2 is 2.36 bits per heavy atom. The van der Waals surface area contributed by atoms with Crippen LogP contribution in [0.5, 0.6) is 5.75 Å². The quantitative estimate of drug-likeness (QED) is 0.597. The van der Waals surface area contributed by atoms with Crippen LogP contribution in [0.15, 0.2) is 30.6 Å². The number of carbonyl (C=O) groups is 1. The number of nitrogens with zero attached hydrogens (tertiary/aromatic N) is 3. The third kappa shape index (κ3) is 3.24. The molecule has 0 saturated carbocycles. The second-order valence-electron chi connectivity index (χ2n) is 6.81. The van der Waals surface area contributed by atoms with E-state index in [1.807, 2.05) is 6.92 Å². The van der Waals surface area contributed by atoms with Gasteiger partial charge in [0, 0.05) is 23.7 Å². The standard InChI is InChI=1S/C19H20FN5O3/c1-10(14-8-12(20)6-11-7-13(2-4-21)28-17(11)14)23-16-3-5-25-18(24-16)15(9-22-25)19(26)27/h3,5-6,8-10,13H,2,4,7,21H2,1H3,(H,23,24)(H,26,27)/t10-,13?/m1/s1. The van der Waals surface area contributed by atoms with Crippen LogP contribution in [0.4, 0.5) is 10.2 Å². The fourth-order valence-electron chi connectivity index (χ4n) is 3.49. The first-order valence-corrected chi connectivity index (χ1v) is 8.99. The van der Waals surface area contributed by atoms with Gasteiger partial charge in [-0.1, -0.05) is 0 Å². The summed E-state index contributed by atoms with van der Waals surface area (Å²) >= 11 is 0. The van der Waals surface area contributed by atoms with E-state index in [0.717, 1.165) is 5.56 Å². The summed E-state index contributed by atoms with van der Waals surface area (Å²) < 4.78 is 21.5. The Hall–Kier alpha value is -3.20. The van der Waals surface area contributed by atoms with Crippen LogP contribution in [0.3, 0.4) is 0 Å². The number of rotatable bonds is 6. The second kappa shape index (κ2) is 7.08. The van der Waals surface area contributed by atoms with Crippen LogP contribution in [0.2, 0.25) is 0 Å². The molecule has 8 nitrogen and oxygen atoms in total. The van der Waals surface area contributed by atoms with Gasteiger partial charge in [0.05, 0.1) is 12.2 Å². The van der Waals surface area contributed by atoms with Crippen molar-refractivity contribution in [3.63, 3.8) is 0 Å². The summed E-state index contributed by atoms with van der Waals surface area (Å²) in [5.74, 6) is -0.296. The highest BCUT2D eigenvalue weighted by atomic mass is 19.1. The summed E-state index contributed by atoms with van der Waals surface area (Å²) in [6.07, 6.45) is 4.16. The number of nitrogens with two attached hydrogens (primary N) is 1. The minimum absolute atomic E-state index is 0.0101. The summed E-state index contributed by atoms with van der Waals surface area (Å²) in [6, 6.07) is 4.31. The van der Waals surface area contributed by atoms with Crippen molar-refractivity contribution in [2.75, 3.05) is 11.9 Å². The molecule has 3 aromatic rings. The van der Waals surface area contributed by atoms with E-state index in [-0.39, 0.29) is 29.2 Å². The molecule has 4 rings (SSSR count). The van der Waals surface area contributed by atoms with E-state index in [9.17, 15) is 14.3 Å². The van der Waals surface area contributed by atoms with Crippen molar-refractivity contribution in [3.05, 3.63) is 53.1 Å². The molecule has 0 aliphatic carbocycles. The van der Waals surface area contributed by atoms with Crippen molar-refractivity contribution in [2.24, 2.45) is 5.73 Å². The molecule has 0 radical (unpaired) electrons. The summed E-state index contributed by atoms with van der Waals surface area (Å²) in [5.41, 5.74) is 7.37. The summed E-state index contributed by atoms with van der Waals surface area (Å²) in [6.45, 7) is 2.38. The van der Waals surface area contributed by atoms with E-state index in [0.29, 0.717) is 36.5 Å². The summed E-state index contributed by atoms with van der Waals surface area (Å²) in [7, 11) is 0. The van der Waals surface area contributed by atoms with Gasteiger partial charge in [0.25, 0.3) is 0 Å². The number of hydrogen-bond acceptors (Lipinski definition) is 6. The van der Waals surface area contributed by atoms with E-state index < -0.39 is 5.97 Å². The Bertz CT molecular complexity index is 1050. The van der Waals surface area contributed by atoms with E-state index >= 15 is 0 Å². The molecule has 3 heterocycles. The zero-order valence-corrected chi connectivity index (χ0v) is 15.2. The Morgan fingerprint density at radius 3 is 3.11 bits per heavy atom. The van der Waals surface area contributed by atoms with Crippen molar-refractivity contribution in [1.82, 2.24) is 14.6 Å². The van der Waals surface area contributed by atoms with Crippen molar-refractivity contribution < 1.29 is 19.0 Å². The Labute approximate surface area is 160 Å². The Kier molecular flexibility index (Phi) is 4.60. The molecule has 0 fully saturated rings. The maximum absolute atomic E-state index is 14.1. The first kappa shape index (κ1) is 18.2. The second-order valence-corrected chi connectivity index (χ2v) is 6.81. The van der Waals surface area contributed by atoms with Gasteiger partial charge >= 0.3 is 5.97 Å². The highest BCUT2D eigenvalue weighted by Crippen LogP contribution is 2.38. The lowest BCUT2D eigenvalue weighted by molar-refractivity contribution is 0.0698. The van der Waals surface area contributed by atoms with Crippen LogP contribution < -0.4 is 15.8 Å². The van der Waals surface area contributed by atoms with Gasteiger partial charge in [-0.25, -0.2) is 18.7 Å². The third-order valence-corrected chi connectivity index (χ3v) is 4.81. The molecule has 28 heavy (non-hydrogen) atoms. The highest BCUT2D eigenvalue weighted by Gasteiger charge is 2.28. The molecule has 9 heteroatoms. The molecule has 2 aromatic heterocycles. The van der Waals surface area contributed by atoms with Crippen LogP contribution in [0.25, 0.3) is 5.65 Å². The first-order valence-electron chi connectivity index (χ1n) is 8.99. The third-order valence-electron chi connectivity index (χ3n) is 4.81. The normalized spacial score (nSPS) is 16.6. The molecule has 1 aliphatic rings. The van der Waals surface area contributed by atoms with E-state index in [2.05, 4.69) is 15.4 Å². The molecule has 0 saturated heterocycles. The number of fused-ring (bicyclic) bond motifs is 2. The van der Waals surface area contributed by atoms with Gasteiger partial charge in [-0.05, 0) is 38.1 Å². The van der Waals surface area contributed by atoms with Gasteiger partial charge in [0.2, 0.25) is 0 Å². The van der Waals surface area contributed by atoms with Gasteiger partial charge in [-0.3, -0.25) is 0 Å². The van der Waals surface area contributed by atoms with Gasteiger partial charge < -0.3 is 20.9 Å². The molecular formula is C19H20FN5O3. The molecular weight excluding hydrogens is 365 g/mol. The molecule has 4 N–H and O–H groups in total. The molecule has 2 atom stereocenters. The summed E-state index contributed by atoms with van der Waals surface area (Å²) in [5, 5.41) is 16.4. The lowest BCUT2D eigenvalue weighted by Gasteiger charge is -2.19. The average molecular weight is 385 g/mol. The molecule has 1 aliphatic heterocycles. The first-order chi connectivity index (χ1) is 13.5. The smallest absolute Gasteiger partial charge is 0.341 e. The molecule has 1 aromatic carbocycles. The Morgan fingerprint density at radius 1 is 1.54 bits per heavy atom. The Balaban J connectivity index is 1.63.